The maximum absolute atomic E-state index is 13.9. The lowest BCUT2D eigenvalue weighted by Gasteiger charge is -2.41. The average molecular weight is 292 g/mol. The Bertz CT molecular complexity index is 517. The van der Waals surface area contributed by atoms with Crippen molar-refractivity contribution < 1.29 is 13.9 Å². The number of hydrogen-bond donors (Lipinski definition) is 0. The van der Waals surface area contributed by atoms with Crippen molar-refractivity contribution in [1.82, 2.24) is 4.90 Å². The van der Waals surface area contributed by atoms with E-state index in [1.807, 2.05) is 22.8 Å². The first-order valence-electron chi connectivity index (χ1n) is 7.54. The highest BCUT2D eigenvalue weighted by Gasteiger charge is 2.34. The maximum Gasteiger partial charge on any atom is 0.228 e. The van der Waals surface area contributed by atoms with Crippen LogP contribution in [0.5, 0.6) is 0 Å². The standard InChI is InChI=1S/C16H21FN2O2/c1-12-10-18(15-5-3-2-4-14(15)17)7-8-19(12)16(20)13-6-9-21-11-13/h2-5,12-13H,6-11H2,1H3/t12-,13-/m1/s1. The number of halogens is 1. The van der Waals surface area contributed by atoms with Crippen LogP contribution in [0.25, 0.3) is 0 Å². The van der Waals surface area contributed by atoms with Crippen molar-refractivity contribution in [3.8, 4) is 0 Å². The molecule has 0 aliphatic carbocycles. The van der Waals surface area contributed by atoms with Gasteiger partial charge in [-0.05, 0) is 25.5 Å². The predicted octanol–water partition coefficient (Wildman–Crippen LogP) is 1.90. The van der Waals surface area contributed by atoms with E-state index in [1.54, 1.807) is 12.1 Å². The number of benzene rings is 1. The van der Waals surface area contributed by atoms with Crippen LogP contribution in [-0.4, -0.2) is 49.7 Å². The largest absolute Gasteiger partial charge is 0.381 e. The summed E-state index contributed by atoms with van der Waals surface area (Å²) in [5.41, 5.74) is 0.626. The lowest BCUT2D eigenvalue weighted by Crippen LogP contribution is -2.55. The fourth-order valence-electron chi connectivity index (χ4n) is 3.18. The van der Waals surface area contributed by atoms with Crippen molar-refractivity contribution in [1.29, 1.82) is 0 Å². The minimum atomic E-state index is -0.200. The van der Waals surface area contributed by atoms with E-state index in [9.17, 15) is 9.18 Å². The van der Waals surface area contributed by atoms with Gasteiger partial charge in [0, 0.05) is 32.3 Å². The predicted molar refractivity (Wildman–Crippen MR) is 78.7 cm³/mol. The Balaban J connectivity index is 1.67. The Hall–Kier alpha value is -1.62. The van der Waals surface area contributed by atoms with Gasteiger partial charge in [0.1, 0.15) is 5.82 Å². The molecule has 3 rings (SSSR count). The summed E-state index contributed by atoms with van der Waals surface area (Å²) < 4.78 is 19.2. The van der Waals surface area contributed by atoms with Crippen molar-refractivity contribution in [3.05, 3.63) is 30.1 Å². The Morgan fingerprint density at radius 3 is 2.81 bits per heavy atom. The molecule has 2 heterocycles. The van der Waals surface area contributed by atoms with Crippen LogP contribution in [0.4, 0.5) is 10.1 Å². The van der Waals surface area contributed by atoms with Crippen LogP contribution in [0.15, 0.2) is 24.3 Å². The molecule has 0 unspecified atom stereocenters. The summed E-state index contributed by atoms with van der Waals surface area (Å²) in [5.74, 6) is -0.00526. The summed E-state index contributed by atoms with van der Waals surface area (Å²) in [5, 5.41) is 0. The number of piperazine rings is 1. The van der Waals surface area contributed by atoms with Gasteiger partial charge in [-0.15, -0.1) is 0 Å². The van der Waals surface area contributed by atoms with E-state index in [2.05, 4.69) is 0 Å². The van der Waals surface area contributed by atoms with Crippen LogP contribution in [0.2, 0.25) is 0 Å². The Labute approximate surface area is 124 Å². The summed E-state index contributed by atoms with van der Waals surface area (Å²) in [6, 6.07) is 6.91. The lowest BCUT2D eigenvalue weighted by molar-refractivity contribution is -0.137. The number of anilines is 1. The van der Waals surface area contributed by atoms with Gasteiger partial charge in [-0.1, -0.05) is 12.1 Å². The smallest absolute Gasteiger partial charge is 0.228 e. The number of nitrogens with zero attached hydrogens (tertiary/aromatic N) is 2. The van der Waals surface area contributed by atoms with Gasteiger partial charge in [-0.3, -0.25) is 4.79 Å². The van der Waals surface area contributed by atoms with Crippen LogP contribution in [0.3, 0.4) is 0 Å². The monoisotopic (exact) mass is 292 g/mol. The van der Waals surface area contributed by atoms with Gasteiger partial charge in [0.05, 0.1) is 18.2 Å². The molecule has 0 N–H and O–H groups in total. The van der Waals surface area contributed by atoms with Crippen LogP contribution < -0.4 is 4.90 Å². The quantitative estimate of drug-likeness (QED) is 0.834. The van der Waals surface area contributed by atoms with Crippen LogP contribution in [0.1, 0.15) is 13.3 Å². The first-order chi connectivity index (χ1) is 10.2. The number of amides is 1. The molecule has 2 atom stereocenters. The first kappa shape index (κ1) is 14.3. The molecular weight excluding hydrogens is 271 g/mol. The summed E-state index contributed by atoms with van der Waals surface area (Å²) in [7, 11) is 0. The van der Waals surface area contributed by atoms with Gasteiger partial charge < -0.3 is 14.5 Å². The Morgan fingerprint density at radius 2 is 2.14 bits per heavy atom. The third-order valence-electron chi connectivity index (χ3n) is 4.38. The minimum Gasteiger partial charge on any atom is -0.381 e. The van der Waals surface area contributed by atoms with E-state index in [0.29, 0.717) is 38.5 Å². The second kappa shape index (κ2) is 6.02. The van der Waals surface area contributed by atoms with Crippen LogP contribution >= 0.6 is 0 Å². The van der Waals surface area contributed by atoms with E-state index in [0.717, 1.165) is 6.42 Å². The molecule has 5 heteroatoms. The molecule has 2 saturated heterocycles. The Kier molecular flexibility index (Phi) is 4.10. The maximum atomic E-state index is 13.9. The van der Waals surface area contributed by atoms with Crippen LogP contribution in [0, 0.1) is 11.7 Å². The molecule has 1 aromatic rings. The number of rotatable bonds is 2. The van der Waals surface area contributed by atoms with Gasteiger partial charge >= 0.3 is 0 Å². The van der Waals surface area contributed by atoms with Gasteiger partial charge in [-0.2, -0.15) is 0 Å². The fraction of sp³-hybridized carbons (Fsp3) is 0.562. The molecule has 1 aromatic carbocycles. The third kappa shape index (κ3) is 2.88. The fourth-order valence-corrected chi connectivity index (χ4v) is 3.18. The van der Waals surface area contributed by atoms with E-state index in [1.165, 1.54) is 6.07 Å². The van der Waals surface area contributed by atoms with E-state index >= 15 is 0 Å². The highest BCUT2D eigenvalue weighted by atomic mass is 19.1. The minimum absolute atomic E-state index is 0.00691. The molecule has 2 fully saturated rings. The molecule has 2 aliphatic rings. The summed E-state index contributed by atoms with van der Waals surface area (Å²) in [6.45, 7) is 5.23. The molecule has 0 radical (unpaired) electrons. The number of carbonyl (C=O) groups is 1. The number of carbonyl (C=O) groups excluding carboxylic acids is 1. The summed E-state index contributed by atoms with van der Waals surface area (Å²) in [4.78, 5) is 16.4. The van der Waals surface area contributed by atoms with Crippen molar-refractivity contribution >= 4 is 11.6 Å². The van der Waals surface area contributed by atoms with Crippen LogP contribution in [-0.2, 0) is 9.53 Å². The number of para-hydroxylation sites is 1. The second-order valence-corrected chi connectivity index (χ2v) is 5.84. The molecule has 4 nitrogen and oxygen atoms in total. The third-order valence-corrected chi connectivity index (χ3v) is 4.38. The second-order valence-electron chi connectivity index (χ2n) is 5.84. The van der Waals surface area contributed by atoms with Crippen molar-refractivity contribution in [2.24, 2.45) is 5.92 Å². The van der Waals surface area contributed by atoms with Gasteiger partial charge in [0.15, 0.2) is 0 Å². The normalized spacial score (nSPS) is 26.2. The molecule has 0 bridgehead atoms. The number of ether oxygens (including phenoxy) is 1. The lowest BCUT2D eigenvalue weighted by atomic mass is 10.0. The molecule has 21 heavy (non-hydrogen) atoms. The molecule has 1 amide bonds. The van der Waals surface area contributed by atoms with Gasteiger partial charge in [-0.25, -0.2) is 4.39 Å². The molecule has 114 valence electrons. The topological polar surface area (TPSA) is 32.8 Å². The molecule has 2 aliphatic heterocycles. The van der Waals surface area contributed by atoms with E-state index < -0.39 is 0 Å². The van der Waals surface area contributed by atoms with E-state index in [4.69, 9.17) is 4.74 Å². The summed E-state index contributed by atoms with van der Waals surface area (Å²) in [6.07, 6.45) is 0.819. The zero-order chi connectivity index (χ0) is 14.8. The van der Waals surface area contributed by atoms with E-state index in [-0.39, 0.29) is 23.7 Å². The Morgan fingerprint density at radius 1 is 1.33 bits per heavy atom. The first-order valence-corrected chi connectivity index (χ1v) is 7.54. The SMILES string of the molecule is C[C@@H]1CN(c2ccccc2F)CCN1C(=O)[C@@H]1CCOC1. The molecule has 0 saturated carbocycles. The zero-order valence-electron chi connectivity index (χ0n) is 12.3. The highest BCUT2D eigenvalue weighted by Crippen LogP contribution is 2.24. The molecule has 0 aromatic heterocycles. The van der Waals surface area contributed by atoms with Gasteiger partial charge in [0.2, 0.25) is 5.91 Å². The average Bonchev–Trinajstić information content (AvgIpc) is 3.01. The molecular formula is C16H21FN2O2. The summed E-state index contributed by atoms with van der Waals surface area (Å²) >= 11 is 0. The zero-order valence-corrected chi connectivity index (χ0v) is 12.3. The van der Waals surface area contributed by atoms with Crippen molar-refractivity contribution in [3.63, 3.8) is 0 Å². The highest BCUT2D eigenvalue weighted by molar-refractivity contribution is 5.80. The van der Waals surface area contributed by atoms with Crippen molar-refractivity contribution in [2.45, 2.75) is 19.4 Å². The molecule has 0 spiro atoms. The number of hydrogen-bond acceptors (Lipinski definition) is 3. The van der Waals surface area contributed by atoms with Crippen molar-refractivity contribution in [2.75, 3.05) is 37.7 Å². The van der Waals surface area contributed by atoms with Gasteiger partial charge in [0.25, 0.3) is 0 Å².